The summed E-state index contributed by atoms with van der Waals surface area (Å²) in [7, 11) is 1.84. The van der Waals surface area contributed by atoms with E-state index in [2.05, 4.69) is 39.3 Å². The number of nitrogens with two attached hydrogens (primary N) is 1. The Labute approximate surface area is 261 Å². The van der Waals surface area contributed by atoms with Crippen LogP contribution in [0.3, 0.4) is 0 Å². The summed E-state index contributed by atoms with van der Waals surface area (Å²) in [6.45, 7) is 5.48. The van der Waals surface area contributed by atoms with Crippen LogP contribution in [0.5, 0.6) is 0 Å². The van der Waals surface area contributed by atoms with Crippen LogP contribution < -0.4 is 11.1 Å². The quantitative estimate of drug-likeness (QED) is 0.309. The van der Waals surface area contributed by atoms with Crippen LogP contribution in [0.4, 0.5) is 16.4 Å². The highest BCUT2D eigenvalue weighted by molar-refractivity contribution is 6.05. The minimum Gasteiger partial charge on any atom is -0.443 e. The number of rotatable bonds is 4. The van der Waals surface area contributed by atoms with Gasteiger partial charge in [0.1, 0.15) is 11.3 Å². The molecule has 2 aliphatic rings. The van der Waals surface area contributed by atoms with Gasteiger partial charge >= 0.3 is 6.09 Å². The van der Waals surface area contributed by atoms with Crippen molar-refractivity contribution >= 4 is 29.5 Å². The van der Waals surface area contributed by atoms with Crippen molar-refractivity contribution in [2.75, 3.05) is 17.6 Å². The molecule has 10 heteroatoms. The molecule has 3 N–H and O–H groups in total. The van der Waals surface area contributed by atoms with Crippen molar-refractivity contribution in [2.45, 2.75) is 45.1 Å². The molecule has 228 valence electrons. The summed E-state index contributed by atoms with van der Waals surface area (Å²) in [6.07, 6.45) is 2.17. The van der Waals surface area contributed by atoms with Crippen molar-refractivity contribution in [2.24, 2.45) is 13.0 Å². The molecule has 0 bridgehead atoms. The van der Waals surface area contributed by atoms with E-state index in [0.717, 1.165) is 17.0 Å². The molecule has 6 rings (SSSR count). The molecule has 2 atom stereocenters. The Bertz CT molecular complexity index is 1880. The van der Waals surface area contributed by atoms with E-state index in [9.17, 15) is 14.4 Å². The molecule has 1 fully saturated rings. The lowest BCUT2D eigenvalue weighted by Crippen LogP contribution is -2.44. The SMILES string of the molecule is Cn1c(-c2nc(N)ncc2C#Cc2cccc(NC(=O)[C@H]3C[C@@H]3c3ccccc3)c2)cc2c1CCN(C(=O)OC(C)(C)C)C2=O. The molecule has 2 aromatic heterocycles. The van der Waals surface area contributed by atoms with Crippen LogP contribution in [0, 0.1) is 17.8 Å². The number of carbonyl (C=O) groups excluding carboxylic acids is 3. The number of imide groups is 1. The van der Waals surface area contributed by atoms with Gasteiger partial charge in [0, 0.05) is 49.1 Å². The molecule has 45 heavy (non-hydrogen) atoms. The van der Waals surface area contributed by atoms with E-state index in [1.54, 1.807) is 33.0 Å². The Hall–Kier alpha value is -5.43. The average molecular weight is 603 g/mol. The highest BCUT2D eigenvalue weighted by Crippen LogP contribution is 2.47. The van der Waals surface area contributed by atoms with Gasteiger partial charge in [0.05, 0.1) is 16.8 Å². The standard InChI is InChI=1S/C35H34N6O4/c1-35(2,3)45-34(44)41-16-15-28-27(32(41)43)19-29(40(28)4)30-23(20-37-33(36)39-30)14-13-21-9-8-12-24(17-21)38-31(42)26-18-25(26)22-10-6-5-7-11-22/h5-12,17,19-20,25-26H,15-16,18H2,1-4H3,(H,38,42)(H2,36,37,39)/t25-,26+/m1/s1. The Balaban J connectivity index is 1.23. The summed E-state index contributed by atoms with van der Waals surface area (Å²) in [6, 6.07) is 19.2. The number of benzene rings is 2. The zero-order valence-corrected chi connectivity index (χ0v) is 25.6. The number of aromatic nitrogens is 3. The maximum Gasteiger partial charge on any atom is 0.417 e. The number of hydrogen-bond donors (Lipinski definition) is 2. The monoisotopic (exact) mass is 602 g/mol. The lowest BCUT2D eigenvalue weighted by Gasteiger charge is -2.28. The molecule has 0 spiro atoms. The third-order valence-corrected chi connectivity index (χ3v) is 7.90. The number of nitrogens with zero attached hydrogens (tertiary/aromatic N) is 4. The van der Waals surface area contributed by atoms with Gasteiger partial charge in [-0.3, -0.25) is 9.59 Å². The van der Waals surface area contributed by atoms with Crippen LogP contribution in [0.15, 0.2) is 66.9 Å². The van der Waals surface area contributed by atoms with Gasteiger partial charge in [-0.2, -0.15) is 0 Å². The summed E-state index contributed by atoms with van der Waals surface area (Å²) >= 11 is 0. The molecular formula is C35H34N6O4. The van der Waals surface area contributed by atoms with E-state index in [0.29, 0.717) is 40.2 Å². The zero-order chi connectivity index (χ0) is 31.9. The lowest BCUT2D eigenvalue weighted by atomic mass is 10.1. The van der Waals surface area contributed by atoms with Crippen LogP contribution >= 0.6 is 0 Å². The van der Waals surface area contributed by atoms with E-state index in [4.69, 9.17) is 10.5 Å². The van der Waals surface area contributed by atoms with Crippen molar-refractivity contribution < 1.29 is 19.1 Å². The van der Waals surface area contributed by atoms with E-state index in [-0.39, 0.29) is 30.2 Å². The summed E-state index contributed by atoms with van der Waals surface area (Å²) in [4.78, 5) is 48.7. The second kappa shape index (κ2) is 11.6. The fourth-order valence-electron chi connectivity index (χ4n) is 5.60. The molecule has 1 saturated carbocycles. The number of carbonyl (C=O) groups is 3. The van der Waals surface area contributed by atoms with E-state index in [1.807, 2.05) is 54.1 Å². The molecular weight excluding hydrogens is 568 g/mol. The molecule has 10 nitrogen and oxygen atoms in total. The molecule has 1 aliphatic heterocycles. The normalized spacial score (nSPS) is 17.2. The van der Waals surface area contributed by atoms with Gasteiger partial charge in [-0.05, 0) is 62.9 Å². The first-order valence-electron chi connectivity index (χ1n) is 14.8. The number of hydrogen-bond acceptors (Lipinski definition) is 7. The second-order valence-electron chi connectivity index (χ2n) is 12.3. The van der Waals surface area contributed by atoms with Gasteiger partial charge in [-0.1, -0.05) is 48.2 Å². The van der Waals surface area contributed by atoms with Crippen molar-refractivity contribution in [3.63, 3.8) is 0 Å². The van der Waals surface area contributed by atoms with Crippen molar-refractivity contribution in [3.8, 4) is 23.2 Å². The van der Waals surface area contributed by atoms with Crippen LogP contribution in [0.2, 0.25) is 0 Å². The molecule has 4 aromatic rings. The smallest absolute Gasteiger partial charge is 0.417 e. The van der Waals surface area contributed by atoms with E-state index in [1.165, 1.54) is 5.56 Å². The fourth-order valence-corrected chi connectivity index (χ4v) is 5.60. The van der Waals surface area contributed by atoms with Crippen LogP contribution in [0.25, 0.3) is 11.4 Å². The van der Waals surface area contributed by atoms with E-state index < -0.39 is 17.6 Å². The Morgan fingerprint density at radius 2 is 1.84 bits per heavy atom. The number of fused-ring (bicyclic) bond motifs is 1. The molecule has 0 unspecified atom stereocenters. The first kappa shape index (κ1) is 29.6. The van der Waals surface area contributed by atoms with Gasteiger partial charge in [-0.25, -0.2) is 19.7 Å². The highest BCUT2D eigenvalue weighted by atomic mass is 16.6. The number of amides is 3. The van der Waals surface area contributed by atoms with Gasteiger partial charge in [0.2, 0.25) is 11.9 Å². The first-order valence-corrected chi connectivity index (χ1v) is 14.8. The minimum absolute atomic E-state index is 0.00404. The summed E-state index contributed by atoms with van der Waals surface area (Å²) < 4.78 is 7.32. The first-order chi connectivity index (χ1) is 21.5. The van der Waals surface area contributed by atoms with Gasteiger partial charge in [-0.15, -0.1) is 0 Å². The summed E-state index contributed by atoms with van der Waals surface area (Å²) in [5.74, 6) is 6.13. The molecule has 0 radical (unpaired) electrons. The largest absolute Gasteiger partial charge is 0.443 e. The molecule has 3 amide bonds. The minimum atomic E-state index is -0.723. The highest BCUT2D eigenvalue weighted by Gasteiger charge is 2.43. The number of ether oxygens (including phenoxy) is 1. The topological polar surface area (TPSA) is 132 Å². The molecule has 2 aromatic carbocycles. The predicted molar refractivity (Wildman–Crippen MR) is 170 cm³/mol. The van der Waals surface area contributed by atoms with Gasteiger partial charge in [0.15, 0.2) is 0 Å². The van der Waals surface area contributed by atoms with Crippen molar-refractivity contribution in [3.05, 3.63) is 94.8 Å². The number of nitrogen functional groups attached to an aromatic ring is 1. The summed E-state index contributed by atoms with van der Waals surface area (Å²) in [5, 5.41) is 3.03. The van der Waals surface area contributed by atoms with Crippen LogP contribution in [0.1, 0.15) is 65.9 Å². The summed E-state index contributed by atoms with van der Waals surface area (Å²) in [5.41, 5.74) is 10.6. The molecule has 0 saturated heterocycles. The predicted octanol–water partition coefficient (Wildman–Crippen LogP) is 5.14. The van der Waals surface area contributed by atoms with Gasteiger partial charge in [0.25, 0.3) is 5.91 Å². The van der Waals surface area contributed by atoms with Crippen molar-refractivity contribution in [1.82, 2.24) is 19.4 Å². The lowest BCUT2D eigenvalue weighted by molar-refractivity contribution is -0.117. The molecule has 1 aliphatic carbocycles. The Morgan fingerprint density at radius 3 is 2.60 bits per heavy atom. The van der Waals surface area contributed by atoms with Gasteiger partial charge < -0.3 is 20.4 Å². The average Bonchev–Trinajstić information content (AvgIpc) is 3.74. The molecule has 3 heterocycles. The number of nitrogens with one attached hydrogen (secondary N) is 1. The maximum atomic E-state index is 13.3. The second-order valence-corrected chi connectivity index (χ2v) is 12.3. The Morgan fingerprint density at radius 1 is 1.07 bits per heavy atom. The Kier molecular flexibility index (Phi) is 7.62. The van der Waals surface area contributed by atoms with Crippen LogP contribution in [-0.4, -0.2) is 49.5 Å². The maximum absolute atomic E-state index is 13.3. The third-order valence-electron chi connectivity index (χ3n) is 7.90. The fraction of sp³-hybridized carbons (Fsp3) is 0.286. The third kappa shape index (κ3) is 6.29. The number of anilines is 2. The zero-order valence-electron chi connectivity index (χ0n) is 25.6. The van der Waals surface area contributed by atoms with E-state index >= 15 is 0 Å². The van der Waals surface area contributed by atoms with Crippen molar-refractivity contribution in [1.29, 1.82) is 0 Å². The van der Waals surface area contributed by atoms with Crippen LogP contribution in [-0.2, 0) is 23.0 Å².